The predicted octanol–water partition coefficient (Wildman–Crippen LogP) is 2.61. The first kappa shape index (κ1) is 22.1. The fourth-order valence-corrected chi connectivity index (χ4v) is 5.16. The number of benzene rings is 1. The first-order valence-electron chi connectivity index (χ1n) is 11.6. The van der Waals surface area contributed by atoms with Crippen molar-refractivity contribution in [3.63, 3.8) is 0 Å². The third-order valence-electron chi connectivity index (χ3n) is 7.27. The number of nitrogens with zero attached hydrogens (tertiary/aromatic N) is 3. The van der Waals surface area contributed by atoms with Crippen LogP contribution < -0.4 is 4.74 Å². The van der Waals surface area contributed by atoms with Gasteiger partial charge in [-0.1, -0.05) is 19.9 Å². The summed E-state index contributed by atoms with van der Waals surface area (Å²) in [5.74, 6) is 1.12. The number of amides is 2. The van der Waals surface area contributed by atoms with Gasteiger partial charge in [0.15, 0.2) is 0 Å². The molecule has 0 radical (unpaired) electrons. The minimum Gasteiger partial charge on any atom is -0.497 e. The van der Waals surface area contributed by atoms with Crippen LogP contribution in [-0.2, 0) is 9.53 Å². The Morgan fingerprint density at radius 1 is 1.16 bits per heavy atom. The number of rotatable bonds is 4. The van der Waals surface area contributed by atoms with Gasteiger partial charge in [0, 0.05) is 31.7 Å². The van der Waals surface area contributed by atoms with Crippen LogP contribution in [0.25, 0.3) is 0 Å². The van der Waals surface area contributed by atoms with E-state index in [4.69, 9.17) is 9.47 Å². The summed E-state index contributed by atoms with van der Waals surface area (Å²) < 4.78 is 11.7. The lowest BCUT2D eigenvalue weighted by molar-refractivity contribution is -0.139. The maximum absolute atomic E-state index is 13.8. The molecule has 1 aromatic rings. The Labute approximate surface area is 185 Å². The first-order valence-corrected chi connectivity index (χ1v) is 11.6. The van der Waals surface area contributed by atoms with Gasteiger partial charge in [-0.15, -0.1) is 0 Å². The van der Waals surface area contributed by atoms with Crippen molar-refractivity contribution < 1.29 is 19.1 Å². The molecule has 0 aromatic heterocycles. The summed E-state index contributed by atoms with van der Waals surface area (Å²) >= 11 is 0. The molecule has 4 rings (SSSR count). The van der Waals surface area contributed by atoms with Crippen LogP contribution in [0.15, 0.2) is 24.3 Å². The normalized spacial score (nSPS) is 29.4. The van der Waals surface area contributed by atoms with Gasteiger partial charge < -0.3 is 19.3 Å². The van der Waals surface area contributed by atoms with Gasteiger partial charge in [-0.25, -0.2) is 0 Å². The fraction of sp³-hybridized carbons (Fsp3) is 0.667. The molecule has 7 nitrogen and oxygen atoms in total. The smallest absolute Gasteiger partial charge is 0.257 e. The standard InChI is InChI=1S/C24H35N3O4/c1-4-25-12-14-26(15-13-25)23(29)21-17-31-24(10-8-18(2)9-11-24)27(21)22(28)19-6-5-7-20(16-19)30-3/h5-7,16,18,21H,4,8-15,17H2,1-3H3/t18?,21-,24?/m1/s1. The van der Waals surface area contributed by atoms with Crippen LogP contribution in [0.1, 0.15) is 49.9 Å². The van der Waals surface area contributed by atoms with Gasteiger partial charge in [0.2, 0.25) is 5.91 Å². The first-order chi connectivity index (χ1) is 15.0. The van der Waals surface area contributed by atoms with Gasteiger partial charge in [0.05, 0.1) is 13.7 Å². The zero-order chi connectivity index (χ0) is 22.0. The molecule has 2 saturated heterocycles. The molecule has 2 aliphatic heterocycles. The Morgan fingerprint density at radius 3 is 2.52 bits per heavy atom. The van der Waals surface area contributed by atoms with Crippen molar-refractivity contribution >= 4 is 11.8 Å². The van der Waals surface area contributed by atoms with E-state index in [1.54, 1.807) is 24.1 Å². The van der Waals surface area contributed by atoms with Gasteiger partial charge in [-0.05, 0) is 56.3 Å². The van der Waals surface area contributed by atoms with Crippen LogP contribution >= 0.6 is 0 Å². The molecule has 1 atom stereocenters. The maximum atomic E-state index is 13.8. The van der Waals surface area contributed by atoms with Crippen molar-refractivity contribution in [3.05, 3.63) is 29.8 Å². The van der Waals surface area contributed by atoms with Crippen LogP contribution in [0, 0.1) is 5.92 Å². The molecule has 1 aliphatic carbocycles. The molecule has 31 heavy (non-hydrogen) atoms. The molecule has 170 valence electrons. The molecule has 0 unspecified atom stereocenters. The molecule has 0 bridgehead atoms. The number of piperazine rings is 1. The van der Waals surface area contributed by atoms with Gasteiger partial charge in [0.25, 0.3) is 5.91 Å². The quantitative estimate of drug-likeness (QED) is 0.736. The lowest BCUT2D eigenvalue weighted by atomic mass is 9.83. The lowest BCUT2D eigenvalue weighted by Crippen LogP contribution is -2.59. The molecular weight excluding hydrogens is 394 g/mol. The molecule has 0 N–H and O–H groups in total. The van der Waals surface area contributed by atoms with Gasteiger partial charge in [0.1, 0.15) is 17.5 Å². The van der Waals surface area contributed by atoms with Crippen LogP contribution in [-0.4, -0.2) is 84.7 Å². The van der Waals surface area contributed by atoms with E-state index in [1.165, 1.54) is 0 Å². The Kier molecular flexibility index (Phi) is 6.53. The SMILES string of the molecule is CCN1CCN(C(=O)[C@H]2COC3(CCC(C)CC3)N2C(=O)c2cccc(OC)c2)CC1. The van der Waals surface area contributed by atoms with Crippen LogP contribution in [0.2, 0.25) is 0 Å². The number of likely N-dealkylation sites (N-methyl/N-ethyl adjacent to an activating group) is 1. The Bertz CT molecular complexity index is 798. The molecule has 3 aliphatic rings. The predicted molar refractivity (Wildman–Crippen MR) is 118 cm³/mol. The summed E-state index contributed by atoms with van der Waals surface area (Å²) in [6.45, 7) is 8.82. The highest BCUT2D eigenvalue weighted by Gasteiger charge is 2.54. The van der Waals surface area contributed by atoms with Gasteiger partial charge >= 0.3 is 0 Å². The molecule has 1 aromatic carbocycles. The van der Waals surface area contributed by atoms with Crippen LogP contribution in [0.5, 0.6) is 5.75 Å². The summed E-state index contributed by atoms with van der Waals surface area (Å²) in [5, 5.41) is 0. The minimum atomic E-state index is -0.682. The molecule has 2 heterocycles. The minimum absolute atomic E-state index is 0.0162. The third kappa shape index (κ3) is 4.30. The monoisotopic (exact) mass is 429 g/mol. The second kappa shape index (κ2) is 9.17. The number of methoxy groups -OCH3 is 1. The van der Waals surface area contributed by atoms with Crippen molar-refractivity contribution in [3.8, 4) is 5.75 Å². The largest absolute Gasteiger partial charge is 0.497 e. The van der Waals surface area contributed by atoms with E-state index >= 15 is 0 Å². The zero-order valence-corrected chi connectivity index (χ0v) is 19.0. The van der Waals surface area contributed by atoms with E-state index in [2.05, 4.69) is 18.7 Å². The summed E-state index contributed by atoms with van der Waals surface area (Å²) in [7, 11) is 1.59. The lowest BCUT2D eigenvalue weighted by Gasteiger charge is -2.44. The van der Waals surface area contributed by atoms with Crippen molar-refractivity contribution in [1.82, 2.24) is 14.7 Å². The van der Waals surface area contributed by atoms with E-state index in [1.807, 2.05) is 17.0 Å². The highest BCUT2D eigenvalue weighted by Crippen LogP contribution is 2.43. The number of hydrogen-bond donors (Lipinski definition) is 0. The average Bonchev–Trinajstić information content (AvgIpc) is 3.19. The van der Waals surface area contributed by atoms with E-state index in [0.717, 1.165) is 45.3 Å². The molecule has 7 heteroatoms. The molecular formula is C24H35N3O4. The molecule has 1 spiro atoms. The molecule has 2 amide bonds. The van der Waals surface area contributed by atoms with E-state index in [-0.39, 0.29) is 18.4 Å². The second-order valence-corrected chi connectivity index (χ2v) is 9.12. The highest BCUT2D eigenvalue weighted by atomic mass is 16.5. The van der Waals surface area contributed by atoms with Crippen molar-refractivity contribution in [1.29, 1.82) is 0 Å². The van der Waals surface area contributed by atoms with E-state index in [9.17, 15) is 9.59 Å². The van der Waals surface area contributed by atoms with E-state index < -0.39 is 11.8 Å². The number of ether oxygens (including phenoxy) is 2. The molecule has 1 saturated carbocycles. The van der Waals surface area contributed by atoms with Crippen molar-refractivity contribution in [2.24, 2.45) is 5.92 Å². The summed E-state index contributed by atoms with van der Waals surface area (Å²) in [6, 6.07) is 6.62. The van der Waals surface area contributed by atoms with Crippen molar-refractivity contribution in [2.75, 3.05) is 46.4 Å². The number of carbonyl (C=O) groups is 2. The zero-order valence-electron chi connectivity index (χ0n) is 19.0. The average molecular weight is 430 g/mol. The Hall–Kier alpha value is -2.12. The van der Waals surface area contributed by atoms with Gasteiger partial charge in [-0.3, -0.25) is 14.5 Å². The maximum Gasteiger partial charge on any atom is 0.257 e. The number of hydrogen-bond acceptors (Lipinski definition) is 5. The van der Waals surface area contributed by atoms with Gasteiger partial charge in [-0.2, -0.15) is 0 Å². The van der Waals surface area contributed by atoms with Crippen LogP contribution in [0.3, 0.4) is 0 Å². The highest BCUT2D eigenvalue weighted by molar-refractivity contribution is 5.98. The summed E-state index contributed by atoms with van der Waals surface area (Å²) in [4.78, 5) is 33.4. The van der Waals surface area contributed by atoms with E-state index in [0.29, 0.717) is 30.3 Å². The Balaban J connectivity index is 1.61. The molecule has 3 fully saturated rings. The fourth-order valence-electron chi connectivity index (χ4n) is 5.16. The third-order valence-corrected chi connectivity index (χ3v) is 7.27. The summed E-state index contributed by atoms with van der Waals surface area (Å²) in [5.41, 5.74) is -0.144. The topological polar surface area (TPSA) is 62.3 Å². The Morgan fingerprint density at radius 2 is 1.87 bits per heavy atom. The second-order valence-electron chi connectivity index (χ2n) is 9.12. The van der Waals surface area contributed by atoms with Crippen LogP contribution in [0.4, 0.5) is 0 Å². The van der Waals surface area contributed by atoms with Crippen molar-refractivity contribution in [2.45, 2.75) is 51.3 Å². The summed E-state index contributed by atoms with van der Waals surface area (Å²) in [6.07, 6.45) is 3.55. The number of carbonyl (C=O) groups excluding carboxylic acids is 2.